The number of para-hydroxylation sites is 1. The topological polar surface area (TPSA) is 143 Å². The Bertz CT molecular complexity index is 1000. The van der Waals surface area contributed by atoms with Gasteiger partial charge in [0.1, 0.15) is 0 Å². The third-order valence-corrected chi connectivity index (χ3v) is 4.85. The van der Waals surface area contributed by atoms with Gasteiger partial charge >= 0.3 is 21.3 Å². The van der Waals surface area contributed by atoms with E-state index in [9.17, 15) is 18.3 Å². The van der Waals surface area contributed by atoms with E-state index in [1.54, 1.807) is 12.1 Å². The van der Waals surface area contributed by atoms with Crippen LogP contribution in [0.3, 0.4) is 0 Å². The summed E-state index contributed by atoms with van der Waals surface area (Å²) >= 11 is 1.31. The SMILES string of the molecule is Nc1[nH+]c2c(-c3ccn(S(N)(=O)=O)c3C(=O)O)cccc2s1. The van der Waals surface area contributed by atoms with Gasteiger partial charge in [0.15, 0.2) is 11.2 Å². The zero-order valence-corrected chi connectivity index (χ0v) is 12.6. The summed E-state index contributed by atoms with van der Waals surface area (Å²) in [6, 6.07) is 6.64. The highest BCUT2D eigenvalue weighted by atomic mass is 32.2. The summed E-state index contributed by atoms with van der Waals surface area (Å²) in [5.74, 6) is -1.39. The van der Waals surface area contributed by atoms with E-state index in [2.05, 4.69) is 4.98 Å². The maximum atomic E-state index is 11.5. The highest BCUT2D eigenvalue weighted by molar-refractivity contribution is 7.87. The van der Waals surface area contributed by atoms with Gasteiger partial charge in [-0.3, -0.25) is 5.73 Å². The third kappa shape index (κ3) is 2.22. The summed E-state index contributed by atoms with van der Waals surface area (Å²) in [5, 5.41) is 14.9. The van der Waals surface area contributed by atoms with Crippen molar-refractivity contribution in [3.8, 4) is 11.1 Å². The summed E-state index contributed by atoms with van der Waals surface area (Å²) in [6.07, 6.45) is 1.11. The van der Waals surface area contributed by atoms with Crippen LogP contribution in [0.5, 0.6) is 0 Å². The second-order valence-corrected chi connectivity index (χ2v) is 7.00. The number of H-pyrrole nitrogens is 1. The Morgan fingerprint density at radius 3 is 2.64 bits per heavy atom. The van der Waals surface area contributed by atoms with Crippen LogP contribution in [-0.2, 0) is 10.2 Å². The van der Waals surface area contributed by atoms with E-state index in [-0.39, 0.29) is 5.56 Å². The first-order valence-corrected chi connectivity index (χ1v) is 8.29. The smallest absolute Gasteiger partial charge is 0.354 e. The van der Waals surface area contributed by atoms with Gasteiger partial charge in [-0.15, -0.1) is 0 Å². The molecule has 0 aliphatic heterocycles. The van der Waals surface area contributed by atoms with Gasteiger partial charge in [-0.05, 0) is 29.5 Å². The number of nitrogen functional groups attached to an aromatic ring is 1. The molecule has 114 valence electrons. The standard InChI is InChI=1S/C12H10N4O4S2/c13-12-15-9-6(2-1-3-8(9)21-12)7-4-5-16(22(14,19)20)10(7)11(17)18/h1-5H,(H2,13,15)(H,17,18)(H2,14,19,20)/p+1. The van der Waals surface area contributed by atoms with Gasteiger partial charge in [-0.1, -0.05) is 6.07 Å². The molecule has 0 atom stereocenters. The number of benzene rings is 1. The molecule has 2 heterocycles. The molecule has 3 aromatic rings. The first kappa shape index (κ1) is 14.5. The van der Waals surface area contributed by atoms with Crippen LogP contribution < -0.4 is 15.9 Å². The van der Waals surface area contributed by atoms with Crippen molar-refractivity contribution >= 4 is 42.9 Å². The Balaban J connectivity index is 2.37. The minimum absolute atomic E-state index is 0.237. The predicted molar refractivity (Wildman–Crippen MR) is 81.7 cm³/mol. The highest BCUT2D eigenvalue weighted by Gasteiger charge is 2.25. The number of carboxylic acid groups (broad SMARTS) is 1. The number of nitrogens with two attached hydrogens (primary N) is 2. The van der Waals surface area contributed by atoms with Crippen molar-refractivity contribution in [1.29, 1.82) is 0 Å². The van der Waals surface area contributed by atoms with Crippen LogP contribution in [-0.4, -0.2) is 23.5 Å². The lowest BCUT2D eigenvalue weighted by Crippen LogP contribution is -2.25. The van der Waals surface area contributed by atoms with E-state index in [0.29, 0.717) is 20.2 Å². The van der Waals surface area contributed by atoms with E-state index >= 15 is 0 Å². The van der Waals surface area contributed by atoms with Crippen LogP contribution in [0.15, 0.2) is 30.5 Å². The second kappa shape index (κ2) is 4.80. The number of anilines is 1. The van der Waals surface area contributed by atoms with Gasteiger partial charge in [-0.2, -0.15) is 8.42 Å². The normalized spacial score (nSPS) is 11.9. The van der Waals surface area contributed by atoms with Crippen LogP contribution >= 0.6 is 11.3 Å². The number of carbonyl (C=O) groups is 1. The van der Waals surface area contributed by atoms with Crippen molar-refractivity contribution in [2.24, 2.45) is 5.14 Å². The monoisotopic (exact) mass is 339 g/mol. The van der Waals surface area contributed by atoms with Gasteiger partial charge in [-0.25, -0.2) is 18.9 Å². The molecule has 1 aromatic carbocycles. The number of hydrogen-bond donors (Lipinski definition) is 3. The Hall–Kier alpha value is -2.43. The summed E-state index contributed by atoms with van der Waals surface area (Å²) in [6.45, 7) is 0. The van der Waals surface area contributed by atoms with E-state index in [4.69, 9.17) is 10.9 Å². The fourth-order valence-corrected chi connectivity index (χ4v) is 3.75. The van der Waals surface area contributed by atoms with Crippen LogP contribution in [0.25, 0.3) is 21.3 Å². The van der Waals surface area contributed by atoms with Crippen LogP contribution in [0.1, 0.15) is 10.5 Å². The molecule has 10 heteroatoms. The molecule has 0 aliphatic carbocycles. The summed E-state index contributed by atoms with van der Waals surface area (Å²) < 4.78 is 24.4. The molecular weight excluding hydrogens is 328 g/mol. The van der Waals surface area contributed by atoms with Crippen molar-refractivity contribution in [3.05, 3.63) is 36.2 Å². The maximum absolute atomic E-state index is 11.5. The first-order chi connectivity index (χ1) is 10.3. The van der Waals surface area contributed by atoms with E-state index in [1.165, 1.54) is 17.4 Å². The Labute approximate surface area is 128 Å². The minimum Gasteiger partial charge on any atom is -0.477 e. The fourth-order valence-electron chi connectivity index (χ4n) is 2.29. The first-order valence-electron chi connectivity index (χ1n) is 5.97. The van der Waals surface area contributed by atoms with Crippen molar-refractivity contribution < 1.29 is 23.3 Å². The fraction of sp³-hybridized carbons (Fsp3) is 0. The summed E-state index contributed by atoms with van der Waals surface area (Å²) in [4.78, 5) is 14.4. The van der Waals surface area contributed by atoms with Gasteiger partial charge in [0, 0.05) is 17.3 Å². The average molecular weight is 339 g/mol. The van der Waals surface area contributed by atoms with Gasteiger partial charge < -0.3 is 5.11 Å². The van der Waals surface area contributed by atoms with Crippen LogP contribution in [0.2, 0.25) is 0 Å². The van der Waals surface area contributed by atoms with Crippen molar-refractivity contribution in [1.82, 2.24) is 3.97 Å². The number of nitrogens with one attached hydrogen (secondary N) is 1. The maximum Gasteiger partial charge on any atom is 0.354 e. The van der Waals surface area contributed by atoms with E-state index < -0.39 is 21.9 Å². The zero-order valence-electron chi connectivity index (χ0n) is 11.0. The van der Waals surface area contributed by atoms with Crippen molar-refractivity contribution in [3.63, 3.8) is 0 Å². The molecule has 0 unspecified atom stereocenters. The highest BCUT2D eigenvalue weighted by Crippen LogP contribution is 2.33. The number of hydrogen-bond acceptors (Lipinski definition) is 5. The average Bonchev–Trinajstić information content (AvgIpc) is 2.98. The molecule has 8 nitrogen and oxygen atoms in total. The van der Waals surface area contributed by atoms with Crippen LogP contribution in [0, 0.1) is 0 Å². The van der Waals surface area contributed by atoms with Crippen molar-refractivity contribution in [2.75, 3.05) is 5.73 Å². The number of aromatic amines is 1. The van der Waals surface area contributed by atoms with Gasteiger partial charge in [0.25, 0.3) is 0 Å². The molecule has 0 fully saturated rings. The number of rotatable bonds is 3. The molecule has 0 aliphatic rings. The number of aromatic nitrogens is 2. The minimum atomic E-state index is -4.21. The van der Waals surface area contributed by atoms with E-state index in [1.807, 2.05) is 6.07 Å². The number of aromatic carboxylic acids is 1. The Kier molecular flexibility index (Phi) is 3.16. The lowest BCUT2D eigenvalue weighted by Gasteiger charge is -2.05. The zero-order chi connectivity index (χ0) is 16.1. The molecular formula is C12H11N4O4S2+. The molecule has 3 rings (SSSR count). The predicted octanol–water partition coefficient (Wildman–Crippen LogP) is 0.516. The Morgan fingerprint density at radius 1 is 1.27 bits per heavy atom. The number of thiazole rings is 1. The van der Waals surface area contributed by atoms with Gasteiger partial charge in [0.2, 0.25) is 0 Å². The number of fused-ring (bicyclic) bond motifs is 1. The quantitative estimate of drug-likeness (QED) is 0.637. The van der Waals surface area contributed by atoms with Crippen LogP contribution in [0.4, 0.5) is 5.13 Å². The Morgan fingerprint density at radius 2 is 2.00 bits per heavy atom. The van der Waals surface area contributed by atoms with Crippen molar-refractivity contribution in [2.45, 2.75) is 0 Å². The molecule has 2 aromatic heterocycles. The number of nitrogens with zero attached hydrogens (tertiary/aromatic N) is 1. The molecule has 6 N–H and O–H groups in total. The number of carboxylic acids is 1. The second-order valence-electron chi connectivity index (χ2n) is 4.49. The lowest BCUT2D eigenvalue weighted by atomic mass is 10.1. The molecule has 0 amide bonds. The lowest BCUT2D eigenvalue weighted by molar-refractivity contribution is -0.320. The molecule has 0 saturated heterocycles. The third-order valence-electron chi connectivity index (χ3n) is 3.11. The molecule has 0 radical (unpaired) electrons. The molecule has 0 spiro atoms. The summed E-state index contributed by atoms with van der Waals surface area (Å²) in [7, 11) is -4.21. The molecule has 0 saturated carbocycles. The largest absolute Gasteiger partial charge is 0.477 e. The molecule has 0 bridgehead atoms. The molecule has 22 heavy (non-hydrogen) atoms. The van der Waals surface area contributed by atoms with E-state index in [0.717, 1.165) is 10.9 Å². The van der Waals surface area contributed by atoms with Gasteiger partial charge in [0.05, 0.1) is 4.70 Å². The summed E-state index contributed by atoms with van der Waals surface area (Å²) in [5.41, 5.74) is 6.72.